The number of thiazole rings is 1. The average molecular weight is 539 g/mol. The molecule has 6 nitrogen and oxygen atoms in total. The average Bonchev–Trinajstić information content (AvgIpc) is 3.19. The summed E-state index contributed by atoms with van der Waals surface area (Å²) in [6.07, 6.45) is -0.0667. The summed E-state index contributed by atoms with van der Waals surface area (Å²) >= 11 is 1.67. The highest BCUT2D eigenvalue weighted by Crippen LogP contribution is 2.45. The van der Waals surface area contributed by atoms with Gasteiger partial charge in [0.15, 0.2) is 14.4 Å². The number of carbonyl (C=O) groups is 2. The van der Waals surface area contributed by atoms with Gasteiger partial charge in [0.1, 0.15) is 10.3 Å². The number of hydrogen-bond donors (Lipinski definition) is 0. The van der Waals surface area contributed by atoms with Gasteiger partial charge in [0.25, 0.3) is 0 Å². The van der Waals surface area contributed by atoms with Crippen LogP contribution in [0, 0.1) is 0 Å². The number of esters is 1. The second kappa shape index (κ2) is 10.3. The molecule has 0 bridgehead atoms. The van der Waals surface area contributed by atoms with Crippen molar-refractivity contribution in [1.82, 2.24) is 9.88 Å². The zero-order valence-electron chi connectivity index (χ0n) is 21.1. The Kier molecular flexibility index (Phi) is 8.29. The van der Waals surface area contributed by atoms with Gasteiger partial charge in [-0.1, -0.05) is 55.0 Å². The zero-order chi connectivity index (χ0) is 25.4. The summed E-state index contributed by atoms with van der Waals surface area (Å²) in [7, 11) is 2.48. The van der Waals surface area contributed by atoms with Crippen molar-refractivity contribution in [2.24, 2.45) is 0 Å². The lowest BCUT2D eigenvalue weighted by atomic mass is 10.0. The molecular weight excluding hydrogens is 505 g/mol. The van der Waals surface area contributed by atoms with E-state index in [9.17, 15) is 9.59 Å². The normalized spacial score (nSPS) is 18.5. The van der Waals surface area contributed by atoms with Gasteiger partial charge in [0, 0.05) is 11.4 Å². The molecule has 3 rings (SSSR count). The minimum absolute atomic E-state index is 0.0667. The topological polar surface area (TPSA) is 68.7 Å². The number of nitrogens with zero attached hydrogens (tertiary/aromatic N) is 2. The van der Waals surface area contributed by atoms with Crippen molar-refractivity contribution in [2.75, 3.05) is 13.7 Å². The summed E-state index contributed by atoms with van der Waals surface area (Å²) < 4.78 is 12.5. The fraction of sp³-hybridized carbons (Fsp3) is 0.542. The van der Waals surface area contributed by atoms with Crippen molar-refractivity contribution in [1.29, 1.82) is 0 Å². The van der Waals surface area contributed by atoms with Gasteiger partial charge in [-0.05, 0) is 49.7 Å². The van der Waals surface area contributed by atoms with Gasteiger partial charge in [-0.25, -0.2) is 9.78 Å². The highest BCUT2D eigenvalue weighted by Gasteiger charge is 2.45. The molecule has 0 radical (unpaired) electrons. The monoisotopic (exact) mass is 538 g/mol. The van der Waals surface area contributed by atoms with Gasteiger partial charge in [-0.15, -0.1) is 11.3 Å². The summed E-state index contributed by atoms with van der Waals surface area (Å²) in [5, 5.41) is 0.896. The number of aromatic nitrogens is 1. The van der Waals surface area contributed by atoms with Crippen molar-refractivity contribution in [3.63, 3.8) is 0 Å². The lowest BCUT2D eigenvalue weighted by Gasteiger charge is -2.41. The molecule has 2 heterocycles. The Hall–Kier alpha value is -1.33. The Morgan fingerprint density at radius 3 is 2.59 bits per heavy atom. The van der Waals surface area contributed by atoms with Gasteiger partial charge < -0.3 is 14.1 Å². The second-order valence-electron chi connectivity index (χ2n) is 10.1. The molecule has 1 aromatic heterocycles. The van der Waals surface area contributed by atoms with Crippen LogP contribution >= 0.6 is 32.9 Å². The predicted octanol–water partition coefficient (Wildman–Crippen LogP) is 6.45. The van der Waals surface area contributed by atoms with E-state index in [-0.39, 0.29) is 22.3 Å². The first-order valence-electron chi connectivity index (χ1n) is 11.2. The number of hydrogen-bond acceptors (Lipinski definition) is 8. The zero-order valence-corrected chi connectivity index (χ0v) is 24.6. The molecule has 1 amide bonds. The molecule has 1 saturated heterocycles. The van der Waals surface area contributed by atoms with Crippen LogP contribution in [-0.2, 0) is 18.8 Å². The van der Waals surface area contributed by atoms with Gasteiger partial charge in [-0.3, -0.25) is 4.79 Å². The van der Waals surface area contributed by atoms with Crippen LogP contribution in [0.25, 0.3) is 10.2 Å². The lowest BCUT2D eigenvalue weighted by Crippen LogP contribution is -2.61. The van der Waals surface area contributed by atoms with Gasteiger partial charge in [-0.2, -0.15) is 0 Å². The highest BCUT2D eigenvalue weighted by molar-refractivity contribution is 8.77. The molecule has 186 valence electrons. The SMILES string of the molecule is C=C(C)C(C(=O)OC)N1C[C@@H](SSc2cccc3sc([C@@H](C)O[Si](C)(C)C(C)(C)C)nc23)C1=O. The number of benzene rings is 1. The molecule has 0 saturated carbocycles. The third-order valence-electron chi connectivity index (χ3n) is 6.40. The number of para-hydroxylation sites is 1. The summed E-state index contributed by atoms with van der Waals surface area (Å²) in [6.45, 7) is 19.4. The summed E-state index contributed by atoms with van der Waals surface area (Å²) in [6, 6.07) is 5.42. The predicted molar refractivity (Wildman–Crippen MR) is 146 cm³/mol. The molecule has 1 aliphatic rings. The Bertz CT molecular complexity index is 1100. The van der Waals surface area contributed by atoms with Crippen LogP contribution in [0.1, 0.15) is 45.7 Å². The van der Waals surface area contributed by atoms with E-state index in [0.717, 1.165) is 20.1 Å². The van der Waals surface area contributed by atoms with E-state index in [4.69, 9.17) is 14.1 Å². The molecule has 10 heteroatoms. The van der Waals surface area contributed by atoms with Crippen LogP contribution in [0.3, 0.4) is 0 Å². The first-order chi connectivity index (χ1) is 15.8. The number of rotatable bonds is 9. The first kappa shape index (κ1) is 27.3. The van der Waals surface area contributed by atoms with Crippen molar-refractivity contribution in [3.05, 3.63) is 35.4 Å². The molecule has 2 aromatic rings. The Morgan fingerprint density at radius 1 is 1.35 bits per heavy atom. The Balaban J connectivity index is 1.69. The minimum atomic E-state index is -1.91. The van der Waals surface area contributed by atoms with Gasteiger partial charge >= 0.3 is 5.97 Å². The van der Waals surface area contributed by atoms with E-state index in [0.29, 0.717) is 12.1 Å². The first-order valence-corrected chi connectivity index (χ1v) is 17.1. The molecule has 0 spiro atoms. The largest absolute Gasteiger partial charge is 0.467 e. The molecule has 0 N–H and O–H groups in total. The maximum atomic E-state index is 12.7. The summed E-state index contributed by atoms with van der Waals surface area (Å²) in [5.41, 5.74) is 1.55. The smallest absolute Gasteiger partial charge is 0.332 e. The molecule has 0 aliphatic carbocycles. The van der Waals surface area contributed by atoms with Crippen LogP contribution < -0.4 is 0 Å². The maximum absolute atomic E-state index is 12.7. The molecule has 1 aromatic carbocycles. The standard InChI is InChI=1S/C24H34N2O4S3Si/c1-14(2)20(23(28)29-7)26-13-18(22(26)27)33-32-17-12-10-11-16-19(17)25-21(31-16)15(3)30-34(8,9)24(4,5)6/h10-12,15,18,20H,1,13H2,2-9H3/t15-,18-,20?/m1/s1. The number of amides is 1. The molecule has 34 heavy (non-hydrogen) atoms. The third-order valence-corrected chi connectivity index (χ3v) is 14.9. The van der Waals surface area contributed by atoms with Crippen molar-refractivity contribution < 1.29 is 18.8 Å². The fourth-order valence-electron chi connectivity index (χ4n) is 3.39. The molecule has 3 atom stereocenters. The summed E-state index contributed by atoms with van der Waals surface area (Å²) in [5.74, 6) is -0.524. The van der Waals surface area contributed by atoms with Crippen LogP contribution in [0.2, 0.25) is 18.1 Å². The molecule has 1 unspecified atom stereocenters. The van der Waals surface area contributed by atoms with Crippen LogP contribution in [0.4, 0.5) is 0 Å². The number of fused-ring (bicyclic) bond motifs is 1. The summed E-state index contributed by atoms with van der Waals surface area (Å²) in [4.78, 5) is 32.3. The number of methoxy groups -OCH3 is 1. The van der Waals surface area contributed by atoms with E-state index in [1.807, 2.05) is 12.1 Å². The minimum Gasteiger partial charge on any atom is -0.467 e. The molecule has 1 aliphatic heterocycles. The van der Waals surface area contributed by atoms with Gasteiger partial charge in [0.05, 0.1) is 23.4 Å². The van der Waals surface area contributed by atoms with E-state index >= 15 is 0 Å². The fourth-order valence-corrected chi connectivity index (χ4v) is 8.38. The lowest BCUT2D eigenvalue weighted by molar-refractivity contribution is -0.155. The Morgan fingerprint density at radius 2 is 2.03 bits per heavy atom. The quantitative estimate of drug-likeness (QED) is 0.119. The maximum Gasteiger partial charge on any atom is 0.332 e. The van der Waals surface area contributed by atoms with Crippen LogP contribution in [0.15, 0.2) is 35.2 Å². The highest BCUT2D eigenvalue weighted by atomic mass is 33.1. The van der Waals surface area contributed by atoms with E-state index < -0.39 is 20.3 Å². The van der Waals surface area contributed by atoms with Crippen LogP contribution in [-0.4, -0.2) is 55.0 Å². The van der Waals surface area contributed by atoms with Crippen LogP contribution in [0.5, 0.6) is 0 Å². The number of carbonyl (C=O) groups excluding carboxylic acids is 2. The number of β-lactam (4-membered cyclic amide) rings is 1. The van der Waals surface area contributed by atoms with Gasteiger partial charge in [0.2, 0.25) is 5.91 Å². The number of ether oxygens (including phenoxy) is 1. The molecular formula is C24H34N2O4S3Si. The molecule has 1 fully saturated rings. The second-order valence-corrected chi connectivity index (χ2v) is 18.4. The number of likely N-dealkylation sites (tertiary alicyclic amines) is 1. The van der Waals surface area contributed by atoms with E-state index in [1.165, 1.54) is 22.8 Å². The van der Waals surface area contributed by atoms with E-state index in [1.54, 1.807) is 29.1 Å². The van der Waals surface area contributed by atoms with Crippen molar-refractivity contribution in [3.8, 4) is 0 Å². The third kappa shape index (κ3) is 5.56. The Labute approximate surface area is 215 Å². The van der Waals surface area contributed by atoms with Crippen molar-refractivity contribution >= 4 is 63.3 Å². The van der Waals surface area contributed by atoms with E-state index in [2.05, 4.69) is 53.4 Å². The van der Waals surface area contributed by atoms with Crippen molar-refractivity contribution in [2.45, 2.75) is 75.0 Å².